The number of hydrogen-bond donors (Lipinski definition) is 1. The molecule has 1 heterocycles. The first-order valence-electron chi connectivity index (χ1n) is 9.40. The average Bonchev–Trinajstić information content (AvgIpc) is 2.74. The molecule has 0 saturated heterocycles. The van der Waals surface area contributed by atoms with Gasteiger partial charge in [-0.25, -0.2) is 4.98 Å². The molecule has 1 amide bonds. The van der Waals surface area contributed by atoms with Crippen molar-refractivity contribution in [3.8, 4) is 22.8 Å². The van der Waals surface area contributed by atoms with Crippen molar-refractivity contribution in [2.24, 2.45) is 0 Å². The van der Waals surface area contributed by atoms with Crippen LogP contribution >= 0.6 is 0 Å². The minimum atomic E-state index is -0.292. The zero-order valence-electron chi connectivity index (χ0n) is 16.2. The van der Waals surface area contributed by atoms with Crippen LogP contribution in [0.15, 0.2) is 71.8 Å². The lowest BCUT2D eigenvalue weighted by Crippen LogP contribution is -2.34. The standard InChI is InChI=1S/C22H23N3O4/c1-2-28-19-10-8-17(9-11-19)20-14-22(27)25(16-24-20)15-21(26)23-12-13-29-18-6-4-3-5-7-18/h3-11,14,16H,2,12-13,15H2,1H3,(H,23,26). The molecule has 150 valence electrons. The monoisotopic (exact) mass is 393 g/mol. The summed E-state index contributed by atoms with van der Waals surface area (Å²) >= 11 is 0. The first-order chi connectivity index (χ1) is 14.2. The summed E-state index contributed by atoms with van der Waals surface area (Å²) in [5.74, 6) is 1.23. The van der Waals surface area contributed by atoms with Crippen LogP contribution in [-0.4, -0.2) is 35.2 Å². The summed E-state index contributed by atoms with van der Waals surface area (Å²) < 4.78 is 12.2. The summed E-state index contributed by atoms with van der Waals surface area (Å²) in [7, 11) is 0. The van der Waals surface area contributed by atoms with Crippen LogP contribution in [-0.2, 0) is 11.3 Å². The smallest absolute Gasteiger partial charge is 0.254 e. The van der Waals surface area contributed by atoms with Crippen molar-refractivity contribution in [2.75, 3.05) is 19.8 Å². The Labute approximate surface area is 168 Å². The van der Waals surface area contributed by atoms with Crippen LogP contribution < -0.4 is 20.3 Å². The van der Waals surface area contributed by atoms with E-state index in [1.54, 1.807) is 0 Å². The van der Waals surface area contributed by atoms with Gasteiger partial charge in [0.25, 0.3) is 5.56 Å². The van der Waals surface area contributed by atoms with Crippen LogP contribution in [0.4, 0.5) is 0 Å². The van der Waals surface area contributed by atoms with E-state index in [0.29, 0.717) is 25.5 Å². The Morgan fingerprint density at radius 2 is 1.76 bits per heavy atom. The van der Waals surface area contributed by atoms with E-state index in [4.69, 9.17) is 9.47 Å². The first kappa shape index (κ1) is 20.1. The lowest BCUT2D eigenvalue weighted by Gasteiger charge is -2.09. The van der Waals surface area contributed by atoms with Crippen LogP contribution in [0.2, 0.25) is 0 Å². The molecule has 0 aliphatic rings. The topological polar surface area (TPSA) is 82.5 Å². The molecule has 3 rings (SSSR count). The van der Waals surface area contributed by atoms with Gasteiger partial charge in [-0.05, 0) is 43.3 Å². The second-order valence-corrected chi connectivity index (χ2v) is 6.21. The third-order valence-electron chi connectivity index (χ3n) is 4.09. The van der Waals surface area contributed by atoms with E-state index in [0.717, 1.165) is 17.1 Å². The highest BCUT2D eigenvalue weighted by Gasteiger charge is 2.07. The molecule has 0 radical (unpaired) electrons. The van der Waals surface area contributed by atoms with Gasteiger partial charge in [0.15, 0.2) is 0 Å². The summed E-state index contributed by atoms with van der Waals surface area (Å²) in [6, 6.07) is 18.1. The van der Waals surface area contributed by atoms with Crippen LogP contribution in [0.25, 0.3) is 11.3 Å². The number of benzene rings is 2. The summed E-state index contributed by atoms with van der Waals surface area (Å²) in [6.45, 7) is 3.11. The summed E-state index contributed by atoms with van der Waals surface area (Å²) in [6.07, 6.45) is 1.38. The molecule has 1 aromatic heterocycles. The zero-order valence-corrected chi connectivity index (χ0v) is 16.2. The molecule has 0 aliphatic carbocycles. The maximum absolute atomic E-state index is 12.3. The molecular weight excluding hydrogens is 370 g/mol. The van der Waals surface area contributed by atoms with Gasteiger partial charge < -0.3 is 14.8 Å². The van der Waals surface area contributed by atoms with E-state index in [1.807, 2.05) is 61.5 Å². The van der Waals surface area contributed by atoms with Crippen LogP contribution in [0, 0.1) is 0 Å². The van der Waals surface area contributed by atoms with Gasteiger partial charge in [-0.15, -0.1) is 0 Å². The van der Waals surface area contributed by atoms with E-state index < -0.39 is 0 Å². The minimum absolute atomic E-state index is 0.0965. The zero-order chi connectivity index (χ0) is 20.5. The molecule has 0 saturated carbocycles. The molecule has 0 unspecified atom stereocenters. The minimum Gasteiger partial charge on any atom is -0.494 e. The quantitative estimate of drug-likeness (QED) is 0.565. The largest absolute Gasteiger partial charge is 0.494 e. The number of carbonyl (C=O) groups excluding carboxylic acids is 1. The van der Waals surface area contributed by atoms with Crippen molar-refractivity contribution in [1.82, 2.24) is 14.9 Å². The highest BCUT2D eigenvalue weighted by atomic mass is 16.5. The van der Waals surface area contributed by atoms with Gasteiger partial charge in [-0.1, -0.05) is 18.2 Å². The number of para-hydroxylation sites is 1. The molecule has 0 bridgehead atoms. The number of aromatic nitrogens is 2. The third-order valence-corrected chi connectivity index (χ3v) is 4.09. The Hall–Kier alpha value is -3.61. The van der Waals surface area contributed by atoms with E-state index in [-0.39, 0.29) is 18.0 Å². The van der Waals surface area contributed by atoms with Gasteiger partial charge in [0.2, 0.25) is 5.91 Å². The maximum atomic E-state index is 12.3. The molecule has 1 N–H and O–H groups in total. The molecule has 2 aromatic carbocycles. The van der Waals surface area contributed by atoms with Crippen molar-refractivity contribution in [1.29, 1.82) is 0 Å². The second-order valence-electron chi connectivity index (χ2n) is 6.21. The Bertz CT molecular complexity index is 985. The van der Waals surface area contributed by atoms with Crippen molar-refractivity contribution in [3.05, 3.63) is 77.3 Å². The summed E-state index contributed by atoms with van der Waals surface area (Å²) in [4.78, 5) is 28.7. The molecule has 29 heavy (non-hydrogen) atoms. The van der Waals surface area contributed by atoms with Crippen LogP contribution in [0.1, 0.15) is 6.92 Å². The number of rotatable bonds is 9. The van der Waals surface area contributed by atoms with E-state index in [9.17, 15) is 9.59 Å². The van der Waals surface area contributed by atoms with E-state index in [2.05, 4.69) is 10.3 Å². The van der Waals surface area contributed by atoms with E-state index in [1.165, 1.54) is 17.0 Å². The Morgan fingerprint density at radius 3 is 2.45 bits per heavy atom. The average molecular weight is 393 g/mol. The molecular formula is C22H23N3O4. The van der Waals surface area contributed by atoms with E-state index >= 15 is 0 Å². The Kier molecular flexibility index (Phi) is 7.00. The second kappa shape index (κ2) is 10.1. The van der Waals surface area contributed by atoms with Crippen LogP contribution in [0.5, 0.6) is 11.5 Å². The first-order valence-corrected chi connectivity index (χ1v) is 9.40. The predicted octanol–water partition coefficient (Wildman–Crippen LogP) is 2.50. The lowest BCUT2D eigenvalue weighted by molar-refractivity contribution is -0.121. The number of amides is 1. The lowest BCUT2D eigenvalue weighted by atomic mass is 10.1. The fraction of sp³-hybridized carbons (Fsp3) is 0.227. The van der Waals surface area contributed by atoms with Gasteiger partial charge in [0.05, 0.1) is 25.2 Å². The molecule has 0 spiro atoms. The van der Waals surface area contributed by atoms with Gasteiger partial charge in [0, 0.05) is 11.6 Å². The highest BCUT2D eigenvalue weighted by molar-refractivity contribution is 5.75. The molecule has 0 aliphatic heterocycles. The molecule has 7 heteroatoms. The fourth-order valence-corrected chi connectivity index (χ4v) is 2.68. The van der Waals surface area contributed by atoms with Crippen LogP contribution in [0.3, 0.4) is 0 Å². The molecule has 7 nitrogen and oxygen atoms in total. The SMILES string of the molecule is CCOc1ccc(-c2cc(=O)n(CC(=O)NCCOc3ccccc3)cn2)cc1. The number of hydrogen-bond acceptors (Lipinski definition) is 5. The van der Waals surface area contributed by atoms with Crippen molar-refractivity contribution < 1.29 is 14.3 Å². The fourth-order valence-electron chi connectivity index (χ4n) is 2.68. The molecule has 0 fully saturated rings. The number of nitrogens with zero attached hydrogens (tertiary/aromatic N) is 2. The van der Waals surface area contributed by atoms with Gasteiger partial charge >= 0.3 is 0 Å². The maximum Gasteiger partial charge on any atom is 0.254 e. The van der Waals surface area contributed by atoms with Gasteiger partial charge in [0.1, 0.15) is 24.7 Å². The van der Waals surface area contributed by atoms with Crippen molar-refractivity contribution in [2.45, 2.75) is 13.5 Å². The Morgan fingerprint density at radius 1 is 1.03 bits per heavy atom. The number of nitrogens with one attached hydrogen (secondary N) is 1. The number of ether oxygens (including phenoxy) is 2. The normalized spacial score (nSPS) is 10.4. The Balaban J connectivity index is 1.52. The highest BCUT2D eigenvalue weighted by Crippen LogP contribution is 2.19. The summed E-state index contributed by atoms with van der Waals surface area (Å²) in [5, 5.41) is 2.73. The predicted molar refractivity (Wildman–Crippen MR) is 110 cm³/mol. The molecule has 3 aromatic rings. The van der Waals surface area contributed by atoms with Gasteiger partial charge in [-0.3, -0.25) is 14.2 Å². The summed E-state index contributed by atoms with van der Waals surface area (Å²) in [5.41, 5.74) is 1.06. The molecule has 0 atom stereocenters. The van der Waals surface area contributed by atoms with Crippen molar-refractivity contribution >= 4 is 5.91 Å². The van der Waals surface area contributed by atoms with Crippen molar-refractivity contribution in [3.63, 3.8) is 0 Å². The third kappa shape index (κ3) is 5.93. The van der Waals surface area contributed by atoms with Gasteiger partial charge in [-0.2, -0.15) is 0 Å². The number of carbonyl (C=O) groups is 1.